The van der Waals surface area contributed by atoms with E-state index < -0.39 is 0 Å². The zero-order valence-corrected chi connectivity index (χ0v) is 27.4. The third kappa shape index (κ3) is 4.14. The average molecular weight is 625 g/mol. The van der Waals surface area contributed by atoms with E-state index >= 15 is 0 Å². The molecular formula is C47H32N2. The highest BCUT2D eigenvalue weighted by Crippen LogP contribution is 2.50. The van der Waals surface area contributed by atoms with Crippen molar-refractivity contribution in [2.45, 2.75) is 19.3 Å². The Labute approximate surface area is 285 Å². The van der Waals surface area contributed by atoms with Crippen molar-refractivity contribution in [3.8, 4) is 44.5 Å². The first kappa shape index (κ1) is 27.9. The minimum Gasteiger partial charge on any atom is -0.265 e. The number of pyridine rings is 2. The Morgan fingerprint density at radius 2 is 1.02 bits per heavy atom. The summed E-state index contributed by atoms with van der Waals surface area (Å²) >= 11 is 0. The van der Waals surface area contributed by atoms with Crippen molar-refractivity contribution in [1.29, 1.82) is 0 Å². The maximum Gasteiger partial charge on any atom is 0.0787 e. The van der Waals surface area contributed by atoms with Crippen LogP contribution in [0.2, 0.25) is 0 Å². The van der Waals surface area contributed by atoms with Gasteiger partial charge in [0.15, 0.2) is 0 Å². The molecule has 0 N–H and O–H groups in total. The standard InChI is InChI=1S/C47H32N2/c1-47(2)43-14-8-7-11-36(43)37-20-19-32(26-44(37)47)40-27-41-35-10-4-6-13-39(35)46-42(45(41)38-12-5-3-9-34(38)40)25-33(28-49-46)30-17-15-29(16-18-30)31-21-23-48-24-22-31/h3-28H,1-2H3. The molecule has 0 spiro atoms. The van der Waals surface area contributed by atoms with Gasteiger partial charge < -0.3 is 0 Å². The van der Waals surface area contributed by atoms with E-state index in [1.54, 1.807) is 0 Å². The van der Waals surface area contributed by atoms with Gasteiger partial charge in [0.25, 0.3) is 0 Å². The highest BCUT2D eigenvalue weighted by atomic mass is 14.7. The molecule has 0 atom stereocenters. The monoisotopic (exact) mass is 624 g/mol. The second kappa shape index (κ2) is 10.4. The predicted octanol–water partition coefficient (Wildman–Crippen LogP) is 12.4. The van der Waals surface area contributed by atoms with E-state index in [9.17, 15) is 0 Å². The molecule has 0 saturated heterocycles. The Hall–Kier alpha value is -6.12. The molecule has 2 heteroatoms. The highest BCUT2D eigenvalue weighted by Gasteiger charge is 2.35. The van der Waals surface area contributed by atoms with Gasteiger partial charge in [0.05, 0.1) is 5.52 Å². The van der Waals surface area contributed by atoms with Crippen molar-refractivity contribution in [2.24, 2.45) is 0 Å². The molecule has 49 heavy (non-hydrogen) atoms. The van der Waals surface area contributed by atoms with E-state index in [4.69, 9.17) is 4.98 Å². The normalized spacial score (nSPS) is 13.3. The van der Waals surface area contributed by atoms with E-state index in [0.717, 1.165) is 22.2 Å². The quantitative estimate of drug-likeness (QED) is 0.183. The molecule has 2 aromatic heterocycles. The number of hydrogen-bond acceptors (Lipinski definition) is 2. The Bertz CT molecular complexity index is 2780. The summed E-state index contributed by atoms with van der Waals surface area (Å²) in [6.45, 7) is 4.72. The van der Waals surface area contributed by atoms with Crippen LogP contribution < -0.4 is 0 Å². The second-order valence-electron chi connectivity index (χ2n) is 13.8. The Kier molecular flexibility index (Phi) is 5.95. The molecule has 2 heterocycles. The molecule has 1 aliphatic rings. The van der Waals surface area contributed by atoms with Crippen molar-refractivity contribution in [1.82, 2.24) is 9.97 Å². The Morgan fingerprint density at radius 1 is 0.408 bits per heavy atom. The Balaban J connectivity index is 1.22. The maximum atomic E-state index is 5.17. The largest absolute Gasteiger partial charge is 0.265 e. The van der Waals surface area contributed by atoms with Crippen LogP contribution in [0.5, 0.6) is 0 Å². The van der Waals surface area contributed by atoms with Gasteiger partial charge in [-0.15, -0.1) is 0 Å². The zero-order valence-electron chi connectivity index (χ0n) is 27.4. The SMILES string of the molecule is CC1(C)c2ccccc2-c2ccc(-c3cc4c5ccccc5c5ncc(-c6ccc(-c7ccncc7)cc6)cc5c4c4ccccc34)cc21. The molecule has 7 aromatic carbocycles. The predicted molar refractivity (Wildman–Crippen MR) is 206 cm³/mol. The molecular weight excluding hydrogens is 593 g/mol. The van der Waals surface area contributed by atoms with Crippen LogP contribution in [0.25, 0.3) is 87.7 Å². The lowest BCUT2D eigenvalue weighted by Gasteiger charge is -2.22. The number of benzene rings is 7. The van der Waals surface area contributed by atoms with E-state index in [0.29, 0.717) is 0 Å². The van der Waals surface area contributed by atoms with Crippen LogP contribution in [-0.2, 0) is 5.41 Å². The van der Waals surface area contributed by atoms with Gasteiger partial charge in [-0.3, -0.25) is 9.97 Å². The van der Waals surface area contributed by atoms with E-state index in [1.807, 2.05) is 30.7 Å². The van der Waals surface area contributed by atoms with Crippen molar-refractivity contribution < 1.29 is 0 Å². The first-order valence-corrected chi connectivity index (χ1v) is 17.0. The first-order valence-electron chi connectivity index (χ1n) is 17.0. The summed E-state index contributed by atoms with van der Waals surface area (Å²) in [6, 6.07) is 51.3. The molecule has 10 rings (SSSR count). The lowest BCUT2D eigenvalue weighted by molar-refractivity contribution is 0.660. The molecule has 0 unspecified atom stereocenters. The molecule has 0 amide bonds. The number of fused-ring (bicyclic) bond motifs is 11. The van der Waals surface area contributed by atoms with Gasteiger partial charge in [-0.25, -0.2) is 0 Å². The van der Waals surface area contributed by atoms with Crippen molar-refractivity contribution in [3.05, 3.63) is 169 Å². The van der Waals surface area contributed by atoms with Crippen LogP contribution in [0.1, 0.15) is 25.0 Å². The highest BCUT2D eigenvalue weighted by molar-refractivity contribution is 6.32. The number of nitrogens with zero attached hydrogens (tertiary/aromatic N) is 2. The third-order valence-electron chi connectivity index (χ3n) is 10.8. The molecule has 0 radical (unpaired) electrons. The van der Waals surface area contributed by atoms with Crippen LogP contribution >= 0.6 is 0 Å². The lowest BCUT2D eigenvalue weighted by atomic mass is 9.81. The Morgan fingerprint density at radius 3 is 1.82 bits per heavy atom. The van der Waals surface area contributed by atoms with Crippen molar-refractivity contribution in [3.63, 3.8) is 0 Å². The second-order valence-corrected chi connectivity index (χ2v) is 13.8. The smallest absolute Gasteiger partial charge is 0.0787 e. The summed E-state index contributed by atoms with van der Waals surface area (Å²) in [4.78, 5) is 9.34. The van der Waals surface area contributed by atoms with Gasteiger partial charge >= 0.3 is 0 Å². The van der Waals surface area contributed by atoms with Gasteiger partial charge in [-0.2, -0.15) is 0 Å². The summed E-state index contributed by atoms with van der Waals surface area (Å²) in [7, 11) is 0. The molecule has 9 aromatic rings. The zero-order chi connectivity index (χ0) is 32.7. The third-order valence-corrected chi connectivity index (χ3v) is 10.8. The lowest BCUT2D eigenvalue weighted by Crippen LogP contribution is -2.14. The molecule has 230 valence electrons. The summed E-state index contributed by atoms with van der Waals surface area (Å²) in [5.74, 6) is 0. The fourth-order valence-corrected chi connectivity index (χ4v) is 8.34. The van der Waals surface area contributed by atoms with Crippen LogP contribution in [0, 0.1) is 0 Å². The first-order chi connectivity index (χ1) is 24.1. The molecule has 0 saturated carbocycles. The van der Waals surface area contributed by atoms with Crippen molar-refractivity contribution in [2.75, 3.05) is 0 Å². The molecule has 0 fully saturated rings. The van der Waals surface area contributed by atoms with E-state index in [2.05, 4.69) is 146 Å². The average Bonchev–Trinajstić information content (AvgIpc) is 3.40. The molecule has 1 aliphatic carbocycles. The minimum absolute atomic E-state index is 0.0595. The van der Waals surface area contributed by atoms with Crippen LogP contribution in [0.4, 0.5) is 0 Å². The minimum atomic E-state index is -0.0595. The van der Waals surface area contributed by atoms with Gasteiger partial charge in [0.1, 0.15) is 0 Å². The van der Waals surface area contributed by atoms with E-state index in [-0.39, 0.29) is 5.41 Å². The molecule has 2 nitrogen and oxygen atoms in total. The topological polar surface area (TPSA) is 25.8 Å². The molecule has 0 bridgehead atoms. The number of hydrogen-bond donors (Lipinski definition) is 0. The van der Waals surface area contributed by atoms with Crippen LogP contribution in [-0.4, -0.2) is 9.97 Å². The summed E-state index contributed by atoms with van der Waals surface area (Å²) in [5, 5.41) is 8.60. The number of rotatable bonds is 3. The maximum absolute atomic E-state index is 5.17. The fourth-order valence-electron chi connectivity index (χ4n) is 8.34. The van der Waals surface area contributed by atoms with Gasteiger partial charge in [-0.05, 0) is 107 Å². The van der Waals surface area contributed by atoms with Crippen molar-refractivity contribution >= 4 is 43.2 Å². The van der Waals surface area contributed by atoms with Gasteiger partial charge in [0, 0.05) is 40.3 Å². The summed E-state index contributed by atoms with van der Waals surface area (Å²) in [5.41, 5.74) is 13.6. The van der Waals surface area contributed by atoms with Crippen LogP contribution in [0.15, 0.2) is 158 Å². The molecule has 0 aliphatic heterocycles. The summed E-state index contributed by atoms with van der Waals surface area (Å²) < 4.78 is 0. The number of aromatic nitrogens is 2. The van der Waals surface area contributed by atoms with Gasteiger partial charge in [-0.1, -0.05) is 123 Å². The van der Waals surface area contributed by atoms with Gasteiger partial charge in [0.2, 0.25) is 0 Å². The van der Waals surface area contributed by atoms with E-state index in [1.165, 1.54) is 76.6 Å². The summed E-state index contributed by atoms with van der Waals surface area (Å²) in [6.07, 6.45) is 5.71. The fraction of sp³-hybridized carbons (Fsp3) is 0.0638. The van der Waals surface area contributed by atoms with Crippen LogP contribution in [0.3, 0.4) is 0 Å².